The quantitative estimate of drug-likeness (QED) is 0.824. The average Bonchev–Trinajstić information content (AvgIpc) is 2.79. The van der Waals surface area contributed by atoms with Crippen LogP contribution in [-0.4, -0.2) is 46.1 Å². The third kappa shape index (κ3) is 2.09. The first-order chi connectivity index (χ1) is 7.69. The van der Waals surface area contributed by atoms with Crippen LogP contribution in [0.4, 0.5) is 0 Å². The molecular formula is C12H21NO2S. The monoisotopic (exact) mass is 243 g/mol. The molecule has 0 saturated carbocycles. The standard InChI is InChI=1S/C12H21NO2S/c1-2-10-3-6-13(7-4-10)12(11(14)15)5-8-16-9-12/h10H,2-9H2,1H3,(H,14,15). The van der Waals surface area contributed by atoms with Crippen LogP contribution in [0.1, 0.15) is 32.6 Å². The summed E-state index contributed by atoms with van der Waals surface area (Å²) in [6, 6.07) is 0. The molecule has 92 valence electrons. The number of hydrogen-bond acceptors (Lipinski definition) is 3. The van der Waals surface area contributed by atoms with Gasteiger partial charge in [0.25, 0.3) is 0 Å². The van der Waals surface area contributed by atoms with Gasteiger partial charge in [-0.15, -0.1) is 0 Å². The fraction of sp³-hybridized carbons (Fsp3) is 0.917. The fourth-order valence-electron chi connectivity index (χ4n) is 2.88. The van der Waals surface area contributed by atoms with Crippen molar-refractivity contribution in [3.63, 3.8) is 0 Å². The van der Waals surface area contributed by atoms with Crippen molar-refractivity contribution in [1.82, 2.24) is 4.90 Å². The highest BCUT2D eigenvalue weighted by Gasteiger charge is 2.47. The minimum absolute atomic E-state index is 0.538. The number of nitrogens with zero attached hydrogens (tertiary/aromatic N) is 1. The van der Waals surface area contributed by atoms with Crippen molar-refractivity contribution in [3.05, 3.63) is 0 Å². The van der Waals surface area contributed by atoms with E-state index in [4.69, 9.17) is 0 Å². The lowest BCUT2D eigenvalue weighted by atomic mass is 9.88. The molecule has 1 atom stereocenters. The predicted molar refractivity (Wildman–Crippen MR) is 66.9 cm³/mol. The molecule has 2 saturated heterocycles. The van der Waals surface area contributed by atoms with Crippen LogP contribution in [-0.2, 0) is 4.79 Å². The second kappa shape index (κ2) is 4.96. The molecule has 0 aromatic rings. The zero-order valence-corrected chi connectivity index (χ0v) is 10.8. The molecule has 2 aliphatic heterocycles. The lowest BCUT2D eigenvalue weighted by molar-refractivity contribution is -0.151. The summed E-state index contributed by atoms with van der Waals surface area (Å²) in [5.74, 6) is 1.99. The van der Waals surface area contributed by atoms with Crippen molar-refractivity contribution in [2.75, 3.05) is 24.6 Å². The molecule has 16 heavy (non-hydrogen) atoms. The summed E-state index contributed by atoms with van der Waals surface area (Å²) in [6.45, 7) is 4.19. The molecule has 2 aliphatic rings. The third-order valence-electron chi connectivity index (χ3n) is 4.20. The van der Waals surface area contributed by atoms with Crippen molar-refractivity contribution >= 4 is 17.7 Å². The maximum absolute atomic E-state index is 11.5. The highest BCUT2D eigenvalue weighted by Crippen LogP contribution is 2.36. The first-order valence-corrected chi connectivity index (χ1v) is 7.40. The van der Waals surface area contributed by atoms with E-state index in [9.17, 15) is 9.90 Å². The Bertz CT molecular complexity index is 256. The van der Waals surface area contributed by atoms with Gasteiger partial charge in [-0.05, 0) is 44.0 Å². The van der Waals surface area contributed by atoms with Crippen LogP contribution >= 0.6 is 11.8 Å². The summed E-state index contributed by atoms with van der Waals surface area (Å²) in [7, 11) is 0. The van der Waals surface area contributed by atoms with E-state index >= 15 is 0 Å². The topological polar surface area (TPSA) is 40.5 Å². The average molecular weight is 243 g/mol. The summed E-state index contributed by atoms with van der Waals surface area (Å²) >= 11 is 1.79. The Hall–Kier alpha value is -0.220. The maximum Gasteiger partial charge on any atom is 0.325 e. The molecule has 0 aromatic heterocycles. The molecule has 4 heteroatoms. The van der Waals surface area contributed by atoms with Gasteiger partial charge < -0.3 is 5.11 Å². The Morgan fingerprint density at radius 1 is 1.50 bits per heavy atom. The lowest BCUT2D eigenvalue weighted by Crippen LogP contribution is -2.57. The maximum atomic E-state index is 11.5. The van der Waals surface area contributed by atoms with E-state index in [1.54, 1.807) is 11.8 Å². The molecule has 1 unspecified atom stereocenters. The van der Waals surface area contributed by atoms with Gasteiger partial charge in [0.15, 0.2) is 0 Å². The Morgan fingerprint density at radius 2 is 2.19 bits per heavy atom. The molecule has 3 nitrogen and oxygen atoms in total. The number of hydrogen-bond donors (Lipinski definition) is 1. The van der Waals surface area contributed by atoms with E-state index in [0.717, 1.165) is 36.9 Å². The van der Waals surface area contributed by atoms with Crippen molar-refractivity contribution in [2.24, 2.45) is 5.92 Å². The molecular weight excluding hydrogens is 222 g/mol. The molecule has 2 fully saturated rings. The number of carbonyl (C=O) groups is 1. The lowest BCUT2D eigenvalue weighted by Gasteiger charge is -2.41. The summed E-state index contributed by atoms with van der Waals surface area (Å²) in [5, 5.41) is 9.48. The number of aliphatic carboxylic acids is 1. The third-order valence-corrected chi connectivity index (χ3v) is 5.37. The van der Waals surface area contributed by atoms with Crippen molar-refractivity contribution < 1.29 is 9.90 Å². The van der Waals surface area contributed by atoms with Gasteiger partial charge in [-0.1, -0.05) is 13.3 Å². The minimum Gasteiger partial charge on any atom is -0.480 e. The van der Waals surface area contributed by atoms with E-state index in [1.807, 2.05) is 0 Å². The van der Waals surface area contributed by atoms with E-state index in [-0.39, 0.29) is 0 Å². The Labute approximate surface area is 102 Å². The zero-order chi connectivity index (χ0) is 11.6. The molecule has 0 radical (unpaired) electrons. The van der Waals surface area contributed by atoms with Gasteiger partial charge in [-0.3, -0.25) is 9.69 Å². The Balaban J connectivity index is 2.03. The van der Waals surface area contributed by atoms with E-state index in [1.165, 1.54) is 19.3 Å². The molecule has 0 aliphatic carbocycles. The van der Waals surface area contributed by atoms with Crippen LogP contribution in [0.25, 0.3) is 0 Å². The van der Waals surface area contributed by atoms with Crippen LogP contribution in [0.5, 0.6) is 0 Å². The summed E-state index contributed by atoms with van der Waals surface area (Å²) in [6.07, 6.45) is 4.42. The van der Waals surface area contributed by atoms with Crippen molar-refractivity contribution in [2.45, 2.75) is 38.1 Å². The van der Waals surface area contributed by atoms with Crippen LogP contribution in [0.2, 0.25) is 0 Å². The van der Waals surface area contributed by atoms with Crippen LogP contribution < -0.4 is 0 Å². The highest BCUT2D eigenvalue weighted by molar-refractivity contribution is 7.99. The van der Waals surface area contributed by atoms with Crippen molar-refractivity contribution in [3.8, 4) is 0 Å². The second-order valence-electron chi connectivity index (χ2n) is 4.98. The smallest absolute Gasteiger partial charge is 0.325 e. The summed E-state index contributed by atoms with van der Waals surface area (Å²) in [5.41, 5.74) is -0.538. The molecule has 0 amide bonds. The SMILES string of the molecule is CCC1CCN(C2(C(=O)O)CCSC2)CC1. The van der Waals surface area contributed by atoms with Gasteiger partial charge in [0.05, 0.1) is 0 Å². The van der Waals surface area contributed by atoms with Gasteiger partial charge in [0, 0.05) is 5.75 Å². The number of carboxylic acid groups (broad SMARTS) is 1. The minimum atomic E-state index is -0.604. The largest absolute Gasteiger partial charge is 0.480 e. The number of carboxylic acids is 1. The van der Waals surface area contributed by atoms with Gasteiger partial charge in [0.2, 0.25) is 0 Å². The Kier molecular flexibility index (Phi) is 3.80. The van der Waals surface area contributed by atoms with Crippen LogP contribution in [0.3, 0.4) is 0 Å². The van der Waals surface area contributed by atoms with E-state index in [2.05, 4.69) is 11.8 Å². The molecule has 1 N–H and O–H groups in total. The van der Waals surface area contributed by atoms with E-state index < -0.39 is 11.5 Å². The molecule has 0 bridgehead atoms. The summed E-state index contributed by atoms with van der Waals surface area (Å²) in [4.78, 5) is 13.8. The fourth-order valence-corrected chi connectivity index (χ4v) is 4.29. The highest BCUT2D eigenvalue weighted by atomic mass is 32.2. The van der Waals surface area contributed by atoms with Gasteiger partial charge in [0.1, 0.15) is 5.54 Å². The number of thioether (sulfide) groups is 1. The number of piperidine rings is 1. The van der Waals surface area contributed by atoms with Gasteiger partial charge in [-0.25, -0.2) is 0 Å². The normalized spacial score (nSPS) is 33.1. The molecule has 2 heterocycles. The van der Waals surface area contributed by atoms with Crippen molar-refractivity contribution in [1.29, 1.82) is 0 Å². The summed E-state index contributed by atoms with van der Waals surface area (Å²) < 4.78 is 0. The number of likely N-dealkylation sites (tertiary alicyclic amines) is 1. The molecule has 2 rings (SSSR count). The van der Waals surface area contributed by atoms with Gasteiger partial charge in [-0.2, -0.15) is 11.8 Å². The second-order valence-corrected chi connectivity index (χ2v) is 6.08. The van der Waals surface area contributed by atoms with Crippen LogP contribution in [0.15, 0.2) is 0 Å². The molecule has 0 spiro atoms. The van der Waals surface area contributed by atoms with Gasteiger partial charge >= 0.3 is 5.97 Å². The van der Waals surface area contributed by atoms with E-state index in [0.29, 0.717) is 0 Å². The first kappa shape index (κ1) is 12.2. The zero-order valence-electron chi connectivity index (χ0n) is 9.95. The predicted octanol–water partition coefficient (Wildman–Crippen LogP) is 2.07. The van der Waals surface area contributed by atoms with Crippen LogP contribution in [0, 0.1) is 5.92 Å². The Morgan fingerprint density at radius 3 is 2.62 bits per heavy atom. The number of rotatable bonds is 3. The first-order valence-electron chi connectivity index (χ1n) is 6.25. The molecule has 0 aromatic carbocycles.